The molecule has 3 heteroatoms. The van der Waals surface area contributed by atoms with Crippen LogP contribution in [0.3, 0.4) is 0 Å². The molecule has 0 unspecified atom stereocenters. The predicted molar refractivity (Wildman–Crippen MR) is 58.0 cm³/mol. The smallest absolute Gasteiger partial charge is 0.123 e. The molecule has 2 nitrogen and oxygen atoms in total. The highest BCUT2D eigenvalue weighted by Crippen LogP contribution is 2.33. The van der Waals surface area contributed by atoms with Crippen molar-refractivity contribution in [1.29, 1.82) is 0 Å². The fourth-order valence-corrected chi connectivity index (χ4v) is 1.74. The summed E-state index contributed by atoms with van der Waals surface area (Å²) < 4.78 is 5.13. The van der Waals surface area contributed by atoms with Gasteiger partial charge in [0.2, 0.25) is 0 Å². The van der Waals surface area contributed by atoms with Crippen molar-refractivity contribution in [3.63, 3.8) is 0 Å². The average molecular weight is 215 g/mol. The molecule has 0 aromatic heterocycles. The van der Waals surface area contributed by atoms with E-state index in [1.54, 1.807) is 27.0 Å². The Hall–Kier alpha value is -0.730. The van der Waals surface area contributed by atoms with E-state index in [0.717, 1.165) is 16.9 Å². The molecule has 0 atom stereocenters. The average Bonchev–Trinajstić information content (AvgIpc) is 2.06. The van der Waals surface area contributed by atoms with Gasteiger partial charge in [-0.2, -0.15) is 0 Å². The molecule has 0 amide bonds. The van der Waals surface area contributed by atoms with E-state index in [-0.39, 0.29) is 0 Å². The van der Waals surface area contributed by atoms with Gasteiger partial charge in [-0.05, 0) is 38.5 Å². The van der Waals surface area contributed by atoms with Crippen LogP contribution >= 0.6 is 11.6 Å². The number of benzene rings is 1. The predicted octanol–water partition coefficient (Wildman–Crippen LogP) is 2.88. The summed E-state index contributed by atoms with van der Waals surface area (Å²) >= 11 is 6.02. The van der Waals surface area contributed by atoms with Gasteiger partial charge < -0.3 is 9.84 Å². The van der Waals surface area contributed by atoms with Gasteiger partial charge in [0.05, 0.1) is 17.7 Å². The fourth-order valence-electron chi connectivity index (χ4n) is 1.35. The van der Waals surface area contributed by atoms with E-state index in [2.05, 4.69) is 0 Å². The Kier molecular flexibility index (Phi) is 3.07. The Morgan fingerprint density at radius 3 is 2.36 bits per heavy atom. The molecule has 1 rings (SSSR count). The monoisotopic (exact) mass is 214 g/mol. The molecular weight excluding hydrogens is 200 g/mol. The quantitative estimate of drug-likeness (QED) is 0.821. The van der Waals surface area contributed by atoms with Crippen LogP contribution in [0.5, 0.6) is 5.75 Å². The van der Waals surface area contributed by atoms with Crippen LogP contribution in [-0.2, 0) is 5.60 Å². The SMILES string of the molecule is COc1cc(Cl)c(C(C)(C)O)cc1C. The van der Waals surface area contributed by atoms with Crippen molar-refractivity contribution in [2.45, 2.75) is 26.4 Å². The largest absolute Gasteiger partial charge is 0.496 e. The van der Waals surface area contributed by atoms with Crippen molar-refractivity contribution in [1.82, 2.24) is 0 Å². The van der Waals surface area contributed by atoms with Crippen molar-refractivity contribution < 1.29 is 9.84 Å². The van der Waals surface area contributed by atoms with Crippen LogP contribution in [-0.4, -0.2) is 12.2 Å². The molecule has 0 bridgehead atoms. The second-order valence-corrected chi connectivity index (χ2v) is 4.27. The summed E-state index contributed by atoms with van der Waals surface area (Å²) in [7, 11) is 1.60. The number of methoxy groups -OCH3 is 1. The third-order valence-corrected chi connectivity index (χ3v) is 2.46. The summed E-state index contributed by atoms with van der Waals surface area (Å²) in [6.07, 6.45) is 0. The highest BCUT2D eigenvalue weighted by Gasteiger charge is 2.20. The normalized spacial score (nSPS) is 11.6. The molecule has 0 heterocycles. The lowest BCUT2D eigenvalue weighted by Crippen LogP contribution is -2.16. The third-order valence-electron chi connectivity index (χ3n) is 2.14. The van der Waals surface area contributed by atoms with Crippen molar-refractivity contribution in [3.8, 4) is 5.75 Å². The van der Waals surface area contributed by atoms with Crippen LogP contribution < -0.4 is 4.74 Å². The number of rotatable bonds is 2. The molecule has 0 aliphatic heterocycles. The van der Waals surface area contributed by atoms with Gasteiger partial charge in [-0.3, -0.25) is 0 Å². The van der Waals surface area contributed by atoms with Crippen LogP contribution in [0.25, 0.3) is 0 Å². The minimum Gasteiger partial charge on any atom is -0.496 e. The van der Waals surface area contributed by atoms with Gasteiger partial charge in [-0.15, -0.1) is 0 Å². The number of hydrogen-bond acceptors (Lipinski definition) is 2. The van der Waals surface area contributed by atoms with Crippen LogP contribution in [0, 0.1) is 6.92 Å². The van der Waals surface area contributed by atoms with Gasteiger partial charge in [0.15, 0.2) is 0 Å². The minimum atomic E-state index is -0.923. The highest BCUT2D eigenvalue weighted by molar-refractivity contribution is 6.31. The summed E-state index contributed by atoms with van der Waals surface area (Å²) in [5.74, 6) is 0.739. The number of aliphatic hydroxyl groups is 1. The molecule has 0 aliphatic carbocycles. The minimum absolute atomic E-state index is 0.528. The van der Waals surface area contributed by atoms with Gasteiger partial charge in [0.25, 0.3) is 0 Å². The molecule has 78 valence electrons. The maximum absolute atomic E-state index is 9.83. The van der Waals surface area contributed by atoms with E-state index < -0.39 is 5.60 Å². The number of hydrogen-bond donors (Lipinski definition) is 1. The number of halogens is 1. The molecule has 0 fully saturated rings. The third kappa shape index (κ3) is 2.20. The Labute approximate surface area is 89.5 Å². The fraction of sp³-hybridized carbons (Fsp3) is 0.455. The lowest BCUT2D eigenvalue weighted by Gasteiger charge is -2.20. The molecule has 0 saturated heterocycles. The standard InChI is InChI=1S/C11H15ClO2/c1-7-5-8(11(2,3)13)9(12)6-10(7)14-4/h5-6,13H,1-4H3. The van der Waals surface area contributed by atoms with E-state index >= 15 is 0 Å². The summed E-state index contributed by atoms with van der Waals surface area (Å²) in [6.45, 7) is 5.34. The second-order valence-electron chi connectivity index (χ2n) is 3.86. The van der Waals surface area contributed by atoms with Gasteiger partial charge >= 0.3 is 0 Å². The Balaban J connectivity index is 3.29. The lowest BCUT2D eigenvalue weighted by atomic mass is 9.96. The first kappa shape index (κ1) is 11.3. The van der Waals surface area contributed by atoms with Gasteiger partial charge in [0, 0.05) is 5.56 Å². The maximum atomic E-state index is 9.83. The first-order valence-corrected chi connectivity index (χ1v) is 4.81. The summed E-state index contributed by atoms with van der Waals surface area (Å²) in [6, 6.07) is 3.57. The highest BCUT2D eigenvalue weighted by atomic mass is 35.5. The van der Waals surface area contributed by atoms with Crippen molar-refractivity contribution in [2.75, 3.05) is 7.11 Å². The maximum Gasteiger partial charge on any atom is 0.123 e. The van der Waals surface area contributed by atoms with Crippen LogP contribution in [0.4, 0.5) is 0 Å². The summed E-state index contributed by atoms with van der Waals surface area (Å²) in [5.41, 5.74) is 0.764. The van der Waals surface area contributed by atoms with E-state index in [0.29, 0.717) is 5.02 Å². The summed E-state index contributed by atoms with van der Waals surface area (Å²) in [5, 5.41) is 10.4. The number of ether oxygens (including phenoxy) is 1. The molecule has 0 spiro atoms. The van der Waals surface area contributed by atoms with E-state index in [1.807, 2.05) is 13.0 Å². The van der Waals surface area contributed by atoms with Crippen molar-refractivity contribution in [3.05, 3.63) is 28.3 Å². The molecular formula is C11H15ClO2. The van der Waals surface area contributed by atoms with Gasteiger partial charge in [-0.1, -0.05) is 11.6 Å². The molecule has 0 aliphatic rings. The Morgan fingerprint density at radius 2 is 1.93 bits per heavy atom. The van der Waals surface area contributed by atoms with Crippen molar-refractivity contribution >= 4 is 11.6 Å². The number of aryl methyl sites for hydroxylation is 1. The van der Waals surface area contributed by atoms with E-state index in [4.69, 9.17) is 16.3 Å². The molecule has 14 heavy (non-hydrogen) atoms. The molecule has 0 saturated carbocycles. The van der Waals surface area contributed by atoms with E-state index in [9.17, 15) is 5.11 Å². The first-order chi connectivity index (χ1) is 6.36. The Morgan fingerprint density at radius 1 is 1.36 bits per heavy atom. The first-order valence-electron chi connectivity index (χ1n) is 4.43. The van der Waals surface area contributed by atoms with Gasteiger partial charge in [-0.25, -0.2) is 0 Å². The zero-order valence-corrected chi connectivity index (χ0v) is 9.64. The van der Waals surface area contributed by atoms with Crippen LogP contribution in [0.2, 0.25) is 5.02 Å². The molecule has 1 N–H and O–H groups in total. The van der Waals surface area contributed by atoms with Crippen molar-refractivity contribution in [2.24, 2.45) is 0 Å². The molecule has 1 aromatic carbocycles. The Bertz CT molecular complexity index is 340. The topological polar surface area (TPSA) is 29.5 Å². The van der Waals surface area contributed by atoms with Crippen LogP contribution in [0.15, 0.2) is 12.1 Å². The van der Waals surface area contributed by atoms with Crippen LogP contribution in [0.1, 0.15) is 25.0 Å². The van der Waals surface area contributed by atoms with Gasteiger partial charge in [0.1, 0.15) is 5.75 Å². The summed E-state index contributed by atoms with van der Waals surface area (Å²) in [4.78, 5) is 0. The second kappa shape index (κ2) is 3.79. The molecule has 1 aromatic rings. The zero-order chi connectivity index (χ0) is 10.9. The zero-order valence-electron chi connectivity index (χ0n) is 8.89. The lowest BCUT2D eigenvalue weighted by molar-refractivity contribution is 0.0786. The van der Waals surface area contributed by atoms with E-state index in [1.165, 1.54) is 0 Å². The molecule has 0 radical (unpaired) electrons.